The molecule has 0 aromatic rings. The van der Waals surface area contributed by atoms with Gasteiger partial charge in [0.1, 0.15) is 0 Å². The van der Waals surface area contributed by atoms with Crippen LogP contribution in [0.1, 0.15) is 6.92 Å². The van der Waals surface area contributed by atoms with Gasteiger partial charge in [0.25, 0.3) is 20.2 Å². The van der Waals surface area contributed by atoms with Gasteiger partial charge in [-0.2, -0.15) is 16.8 Å². The Balaban J connectivity index is 0. The predicted octanol–water partition coefficient (Wildman–Crippen LogP) is -1.41. The summed E-state index contributed by atoms with van der Waals surface area (Å²) in [6.45, 7) is 1.42. The maximum atomic E-state index is 10.7. The van der Waals surface area contributed by atoms with Crippen molar-refractivity contribution in [2.75, 3.05) is 18.1 Å². The second-order valence-electron chi connectivity index (χ2n) is 1.95. The van der Waals surface area contributed by atoms with Crippen molar-refractivity contribution in [2.24, 2.45) is 0 Å². The fourth-order valence-corrected chi connectivity index (χ4v) is 2.58. The molecule has 0 fully saturated rings. The summed E-state index contributed by atoms with van der Waals surface area (Å²) in [5.74, 6) is -1.56. The van der Waals surface area contributed by atoms with Gasteiger partial charge in [0.15, 0.2) is 0 Å². The molecule has 6 nitrogen and oxygen atoms in total. The first-order valence-electron chi connectivity index (χ1n) is 3.09. The van der Waals surface area contributed by atoms with Gasteiger partial charge in [0.05, 0.1) is 18.1 Å². The monoisotopic (exact) mass is 226 g/mol. The number of rotatable bonds is 5. The Morgan fingerprint density at radius 3 is 1.92 bits per heavy atom. The molecular formula is C4H11LiO6S2. The summed E-state index contributed by atoms with van der Waals surface area (Å²) in [6, 6.07) is 0. The molecule has 0 saturated heterocycles. The van der Waals surface area contributed by atoms with E-state index in [1.807, 2.05) is 0 Å². The third-order valence-electron chi connectivity index (χ3n) is 0.889. The Morgan fingerprint density at radius 2 is 1.62 bits per heavy atom. The van der Waals surface area contributed by atoms with Crippen molar-refractivity contribution in [3.63, 3.8) is 0 Å². The molecule has 0 amide bonds. The molecule has 0 bridgehead atoms. The summed E-state index contributed by atoms with van der Waals surface area (Å²) in [5, 5.41) is 0. The first-order valence-corrected chi connectivity index (χ1v) is 6.28. The molecule has 0 aliphatic heterocycles. The molecule has 0 atom stereocenters. The third kappa shape index (κ3) is 10.3. The van der Waals surface area contributed by atoms with Gasteiger partial charge >= 0.3 is 18.9 Å². The van der Waals surface area contributed by atoms with E-state index in [-0.39, 0.29) is 25.5 Å². The second kappa shape index (κ2) is 6.01. The van der Waals surface area contributed by atoms with Gasteiger partial charge in [0, 0.05) is 0 Å². The first kappa shape index (κ1) is 15.9. The van der Waals surface area contributed by atoms with Gasteiger partial charge in [0.2, 0.25) is 0 Å². The maximum absolute atomic E-state index is 10.7. The Hall–Kier alpha value is 0.417. The molecular weight excluding hydrogens is 215 g/mol. The Labute approximate surface area is 89.7 Å². The Kier molecular flexibility index (Phi) is 7.33. The average Bonchev–Trinajstić information content (AvgIpc) is 1.83. The van der Waals surface area contributed by atoms with E-state index in [2.05, 4.69) is 4.18 Å². The van der Waals surface area contributed by atoms with Crippen molar-refractivity contribution < 1.29 is 25.6 Å². The Morgan fingerprint density at radius 1 is 1.15 bits per heavy atom. The van der Waals surface area contributed by atoms with Crippen LogP contribution in [0.15, 0.2) is 0 Å². The van der Waals surface area contributed by atoms with Crippen molar-refractivity contribution >= 4 is 39.1 Å². The molecule has 0 aromatic heterocycles. The van der Waals surface area contributed by atoms with E-state index in [0.29, 0.717) is 0 Å². The summed E-state index contributed by atoms with van der Waals surface area (Å²) in [5.41, 5.74) is 0. The molecule has 0 aliphatic rings. The van der Waals surface area contributed by atoms with Crippen LogP contribution in [0.5, 0.6) is 0 Å². The van der Waals surface area contributed by atoms with E-state index in [4.69, 9.17) is 4.55 Å². The molecule has 0 heterocycles. The number of hydrogen-bond donors (Lipinski definition) is 1. The standard InChI is InChI=1S/C4H10O6S2.Li.H/c1-2-10-12(8,9)4-3-11(5,6)7;;/h2-4H2,1H3,(H,5,6,7);;. The van der Waals surface area contributed by atoms with Crippen LogP contribution >= 0.6 is 0 Å². The van der Waals surface area contributed by atoms with Gasteiger partial charge in [-0.3, -0.25) is 8.74 Å². The van der Waals surface area contributed by atoms with Crippen molar-refractivity contribution in [1.29, 1.82) is 0 Å². The third-order valence-corrected chi connectivity index (χ3v) is 3.17. The summed E-state index contributed by atoms with van der Waals surface area (Å²) < 4.78 is 54.0. The van der Waals surface area contributed by atoms with E-state index in [9.17, 15) is 16.8 Å². The zero-order valence-corrected chi connectivity index (χ0v) is 8.06. The van der Waals surface area contributed by atoms with Crippen LogP contribution in [0.3, 0.4) is 0 Å². The average molecular weight is 226 g/mol. The summed E-state index contributed by atoms with van der Waals surface area (Å²) >= 11 is 0. The Bertz CT molecular complexity index is 317. The van der Waals surface area contributed by atoms with Crippen molar-refractivity contribution in [3.05, 3.63) is 0 Å². The van der Waals surface area contributed by atoms with E-state index in [1.54, 1.807) is 0 Å². The summed E-state index contributed by atoms with van der Waals surface area (Å²) in [4.78, 5) is 0. The SMILES string of the molecule is CCOS(=O)(=O)CCS(=O)(=O)O.[LiH]. The summed E-state index contributed by atoms with van der Waals surface area (Å²) in [7, 11) is -8.04. The van der Waals surface area contributed by atoms with Crippen LogP contribution in [-0.2, 0) is 24.4 Å². The fraction of sp³-hybridized carbons (Fsp3) is 1.00. The molecule has 9 heteroatoms. The fourth-order valence-electron chi connectivity index (χ4n) is 0.446. The van der Waals surface area contributed by atoms with Gasteiger partial charge < -0.3 is 0 Å². The van der Waals surface area contributed by atoms with Crippen LogP contribution in [0.25, 0.3) is 0 Å². The molecule has 0 radical (unpaired) electrons. The quantitative estimate of drug-likeness (QED) is 0.351. The minimum absolute atomic E-state index is 0. The first-order chi connectivity index (χ1) is 5.27. The molecule has 1 N–H and O–H groups in total. The van der Waals surface area contributed by atoms with Crippen LogP contribution in [0.4, 0.5) is 0 Å². The van der Waals surface area contributed by atoms with E-state index >= 15 is 0 Å². The van der Waals surface area contributed by atoms with Crippen LogP contribution in [0, 0.1) is 0 Å². The molecule has 0 spiro atoms. The van der Waals surface area contributed by atoms with E-state index in [1.165, 1.54) is 6.92 Å². The molecule has 13 heavy (non-hydrogen) atoms. The van der Waals surface area contributed by atoms with Gasteiger partial charge in [-0.1, -0.05) is 0 Å². The van der Waals surface area contributed by atoms with Crippen molar-refractivity contribution in [1.82, 2.24) is 0 Å². The normalized spacial score (nSPS) is 12.2. The number of hydrogen-bond acceptors (Lipinski definition) is 5. The van der Waals surface area contributed by atoms with E-state index < -0.39 is 31.7 Å². The molecule has 0 aromatic carbocycles. The molecule has 0 unspecified atom stereocenters. The molecule has 76 valence electrons. The zero-order chi connectivity index (χ0) is 9.83. The van der Waals surface area contributed by atoms with Crippen LogP contribution in [-0.4, -0.2) is 58.4 Å². The summed E-state index contributed by atoms with van der Waals surface area (Å²) in [6.07, 6.45) is 0. The van der Waals surface area contributed by atoms with Crippen molar-refractivity contribution in [2.45, 2.75) is 6.92 Å². The van der Waals surface area contributed by atoms with Crippen LogP contribution in [0.2, 0.25) is 0 Å². The minimum atomic E-state index is -4.23. The molecule has 0 rings (SSSR count). The second-order valence-corrected chi connectivity index (χ2v) is 5.29. The van der Waals surface area contributed by atoms with Gasteiger partial charge in [-0.05, 0) is 6.92 Å². The van der Waals surface area contributed by atoms with Crippen molar-refractivity contribution in [3.8, 4) is 0 Å². The topological polar surface area (TPSA) is 97.7 Å². The molecule has 0 aliphatic carbocycles. The van der Waals surface area contributed by atoms with Crippen LogP contribution < -0.4 is 0 Å². The van der Waals surface area contributed by atoms with E-state index in [0.717, 1.165) is 0 Å². The predicted molar refractivity (Wildman–Crippen MR) is 49.0 cm³/mol. The van der Waals surface area contributed by atoms with Gasteiger partial charge in [-0.15, -0.1) is 0 Å². The zero-order valence-electron chi connectivity index (χ0n) is 6.43. The molecule has 0 saturated carbocycles. The van der Waals surface area contributed by atoms with Gasteiger partial charge in [-0.25, -0.2) is 0 Å².